The van der Waals surface area contributed by atoms with Gasteiger partial charge >= 0.3 is 5.97 Å². The second-order valence-electron chi connectivity index (χ2n) is 1.73. The predicted molar refractivity (Wildman–Crippen MR) is 42.8 cm³/mol. The number of unbranched alkanes of at least 4 members (excludes halogenated alkanes) is 1. The minimum absolute atomic E-state index is 0.394. The fraction of sp³-hybridized carbons (Fsp3) is 0.625. The average molecular weight is 144 g/mol. The minimum Gasteiger partial charge on any atom is -0.466 e. The summed E-state index contributed by atoms with van der Waals surface area (Å²) in [5.74, 6) is -0.394. The molecule has 0 aliphatic carbocycles. The van der Waals surface area contributed by atoms with Crippen molar-refractivity contribution in [1.82, 2.24) is 0 Å². The Kier molecular flexibility index (Phi) is 13.2. The summed E-state index contributed by atoms with van der Waals surface area (Å²) in [5.41, 5.74) is 0. The first-order chi connectivity index (χ1) is 4.72. The number of rotatable bonds is 2. The van der Waals surface area contributed by atoms with Gasteiger partial charge in [-0.15, -0.1) is 0 Å². The van der Waals surface area contributed by atoms with Gasteiger partial charge in [-0.3, -0.25) is 0 Å². The normalized spacial score (nSPS) is 7.10. The van der Waals surface area contributed by atoms with Crippen LogP contribution < -0.4 is 0 Å². The molecule has 0 rings (SSSR count). The third kappa shape index (κ3) is 15.7. The number of hydrogen-bond acceptors (Lipinski definition) is 2. The molecule has 0 aliphatic rings. The maximum absolute atomic E-state index is 9.84. The van der Waals surface area contributed by atoms with E-state index in [1.54, 1.807) is 0 Å². The monoisotopic (exact) mass is 144 g/mol. The van der Waals surface area contributed by atoms with Gasteiger partial charge in [0.25, 0.3) is 0 Å². The maximum atomic E-state index is 9.84. The summed E-state index contributed by atoms with van der Waals surface area (Å²) in [7, 11) is 1.31. The van der Waals surface area contributed by atoms with Crippen molar-refractivity contribution < 1.29 is 9.53 Å². The number of methoxy groups -OCH3 is 1. The molecule has 0 atom stereocenters. The van der Waals surface area contributed by atoms with Crippen molar-refractivity contribution in [2.75, 3.05) is 7.11 Å². The Morgan fingerprint density at radius 1 is 1.50 bits per heavy atom. The van der Waals surface area contributed by atoms with Gasteiger partial charge in [0, 0.05) is 6.08 Å². The van der Waals surface area contributed by atoms with Crippen LogP contribution in [0.4, 0.5) is 0 Å². The lowest BCUT2D eigenvalue weighted by Gasteiger charge is -1.83. The molecule has 0 saturated carbocycles. The van der Waals surface area contributed by atoms with Crippen LogP contribution in [0.5, 0.6) is 0 Å². The van der Waals surface area contributed by atoms with Crippen LogP contribution in [-0.2, 0) is 9.53 Å². The summed E-state index contributed by atoms with van der Waals surface area (Å²) in [6, 6.07) is 0. The van der Waals surface area contributed by atoms with Crippen molar-refractivity contribution in [3.05, 3.63) is 12.7 Å². The highest BCUT2D eigenvalue weighted by Crippen LogP contribution is 1.76. The van der Waals surface area contributed by atoms with Gasteiger partial charge in [-0.05, 0) is 0 Å². The molecule has 2 heteroatoms. The smallest absolute Gasteiger partial charge is 0.329 e. The lowest BCUT2D eigenvalue weighted by Crippen LogP contribution is -1.91. The van der Waals surface area contributed by atoms with Gasteiger partial charge in [-0.1, -0.05) is 33.3 Å². The van der Waals surface area contributed by atoms with Gasteiger partial charge in [0.15, 0.2) is 0 Å². The molecule has 0 aromatic carbocycles. The number of ether oxygens (including phenoxy) is 1. The SMILES string of the molecule is C=CC(=O)OC.CCCC. The zero-order valence-corrected chi connectivity index (χ0v) is 7.02. The van der Waals surface area contributed by atoms with E-state index in [1.165, 1.54) is 20.0 Å². The molecular formula is C8H16O2. The molecule has 60 valence electrons. The van der Waals surface area contributed by atoms with E-state index in [4.69, 9.17) is 0 Å². The van der Waals surface area contributed by atoms with Crippen LogP contribution in [0.15, 0.2) is 12.7 Å². The van der Waals surface area contributed by atoms with Crippen LogP contribution in [0, 0.1) is 0 Å². The van der Waals surface area contributed by atoms with Crippen LogP contribution >= 0.6 is 0 Å². The lowest BCUT2D eigenvalue weighted by atomic mass is 10.4. The average Bonchev–Trinajstić information content (AvgIpc) is 2.03. The summed E-state index contributed by atoms with van der Waals surface area (Å²) in [5, 5.41) is 0. The van der Waals surface area contributed by atoms with Crippen molar-refractivity contribution in [3.8, 4) is 0 Å². The second kappa shape index (κ2) is 11.1. The van der Waals surface area contributed by atoms with E-state index in [1.807, 2.05) is 0 Å². The van der Waals surface area contributed by atoms with Gasteiger partial charge in [0.2, 0.25) is 0 Å². The number of esters is 1. The summed E-state index contributed by atoms with van der Waals surface area (Å²) in [4.78, 5) is 9.84. The van der Waals surface area contributed by atoms with Crippen LogP contribution in [0.25, 0.3) is 0 Å². The quantitative estimate of drug-likeness (QED) is 0.438. The first kappa shape index (κ1) is 11.9. The van der Waals surface area contributed by atoms with Crippen LogP contribution in [0.1, 0.15) is 26.7 Å². The Morgan fingerprint density at radius 2 is 1.90 bits per heavy atom. The van der Waals surface area contributed by atoms with E-state index in [-0.39, 0.29) is 0 Å². The van der Waals surface area contributed by atoms with Gasteiger partial charge in [0.1, 0.15) is 0 Å². The first-order valence-electron chi connectivity index (χ1n) is 3.43. The van der Waals surface area contributed by atoms with Crippen molar-refractivity contribution in [2.45, 2.75) is 26.7 Å². The maximum Gasteiger partial charge on any atom is 0.329 e. The summed E-state index contributed by atoms with van der Waals surface area (Å²) >= 11 is 0. The van der Waals surface area contributed by atoms with Gasteiger partial charge < -0.3 is 4.74 Å². The molecule has 0 fully saturated rings. The molecular weight excluding hydrogens is 128 g/mol. The molecule has 0 heterocycles. The zero-order valence-electron chi connectivity index (χ0n) is 7.02. The van der Waals surface area contributed by atoms with Crippen LogP contribution in [-0.4, -0.2) is 13.1 Å². The molecule has 0 bridgehead atoms. The fourth-order valence-corrected chi connectivity index (χ4v) is 0.0833. The van der Waals surface area contributed by atoms with E-state index >= 15 is 0 Å². The van der Waals surface area contributed by atoms with Crippen LogP contribution in [0.2, 0.25) is 0 Å². The van der Waals surface area contributed by atoms with E-state index in [0.29, 0.717) is 0 Å². The van der Waals surface area contributed by atoms with Gasteiger partial charge in [-0.25, -0.2) is 4.79 Å². The van der Waals surface area contributed by atoms with Crippen molar-refractivity contribution >= 4 is 5.97 Å². The van der Waals surface area contributed by atoms with Gasteiger partial charge in [-0.2, -0.15) is 0 Å². The van der Waals surface area contributed by atoms with E-state index in [0.717, 1.165) is 6.08 Å². The molecule has 0 spiro atoms. The Balaban J connectivity index is 0. The third-order valence-corrected chi connectivity index (χ3v) is 0.868. The Morgan fingerprint density at radius 3 is 1.90 bits per heavy atom. The molecule has 0 unspecified atom stereocenters. The van der Waals surface area contributed by atoms with E-state index < -0.39 is 5.97 Å². The van der Waals surface area contributed by atoms with Crippen molar-refractivity contribution in [3.63, 3.8) is 0 Å². The Hall–Kier alpha value is -0.790. The topological polar surface area (TPSA) is 26.3 Å². The van der Waals surface area contributed by atoms with Crippen LogP contribution in [0.3, 0.4) is 0 Å². The molecule has 0 saturated heterocycles. The number of carbonyl (C=O) groups excluding carboxylic acids is 1. The Bertz CT molecular complexity index is 85.3. The van der Waals surface area contributed by atoms with Gasteiger partial charge in [0.05, 0.1) is 7.11 Å². The fourth-order valence-electron chi connectivity index (χ4n) is 0.0833. The highest BCUT2D eigenvalue weighted by molar-refractivity contribution is 5.80. The van der Waals surface area contributed by atoms with Crippen molar-refractivity contribution in [1.29, 1.82) is 0 Å². The molecule has 2 nitrogen and oxygen atoms in total. The number of carbonyl (C=O) groups is 1. The summed E-state index contributed by atoms with van der Waals surface area (Å²) in [6.45, 7) is 7.52. The zero-order chi connectivity index (χ0) is 8.41. The van der Waals surface area contributed by atoms with E-state index in [2.05, 4.69) is 25.2 Å². The summed E-state index contributed by atoms with van der Waals surface area (Å²) < 4.78 is 4.14. The molecule has 0 aromatic heterocycles. The van der Waals surface area contributed by atoms with E-state index in [9.17, 15) is 4.79 Å². The number of hydrogen-bond donors (Lipinski definition) is 0. The molecule has 0 amide bonds. The summed E-state index contributed by atoms with van der Waals surface area (Å²) in [6.07, 6.45) is 3.75. The Labute approximate surface area is 62.9 Å². The minimum atomic E-state index is -0.394. The molecule has 10 heavy (non-hydrogen) atoms. The largest absolute Gasteiger partial charge is 0.466 e. The molecule has 0 aliphatic heterocycles. The standard InChI is InChI=1S/C4H6O2.C4H10/c1-3-4(5)6-2;1-3-4-2/h3H,1H2,2H3;3-4H2,1-2H3. The third-order valence-electron chi connectivity index (χ3n) is 0.868. The predicted octanol–water partition coefficient (Wildman–Crippen LogP) is 2.15. The molecule has 0 N–H and O–H groups in total. The molecule has 0 aromatic rings. The molecule has 0 radical (unpaired) electrons. The van der Waals surface area contributed by atoms with Crippen molar-refractivity contribution in [2.24, 2.45) is 0 Å². The highest BCUT2D eigenvalue weighted by Gasteiger charge is 1.81. The second-order valence-corrected chi connectivity index (χ2v) is 1.73. The highest BCUT2D eigenvalue weighted by atomic mass is 16.5. The lowest BCUT2D eigenvalue weighted by molar-refractivity contribution is -0.134. The first-order valence-corrected chi connectivity index (χ1v) is 3.43.